The second-order valence-corrected chi connectivity index (χ2v) is 8.17. The highest BCUT2D eigenvalue weighted by Crippen LogP contribution is 2.43. The maximum atomic E-state index is 6.54. The Morgan fingerprint density at radius 1 is 0.857 bits per heavy atom. The quantitative estimate of drug-likeness (QED) is 0.334. The zero-order valence-electron chi connectivity index (χ0n) is 15.0. The van der Waals surface area contributed by atoms with Crippen molar-refractivity contribution < 1.29 is 9.47 Å². The Balaban J connectivity index is 1.79. The molecule has 2 nitrogen and oxygen atoms in total. The van der Waals surface area contributed by atoms with E-state index in [9.17, 15) is 0 Å². The number of allylic oxidation sites excluding steroid dienone is 2. The van der Waals surface area contributed by atoms with Crippen molar-refractivity contribution in [2.24, 2.45) is 0 Å². The van der Waals surface area contributed by atoms with Crippen molar-refractivity contribution in [2.45, 2.75) is 12.0 Å². The van der Waals surface area contributed by atoms with Crippen LogP contribution in [-0.2, 0) is 5.60 Å². The second kappa shape index (κ2) is 8.41. The summed E-state index contributed by atoms with van der Waals surface area (Å²) in [5.74, 6) is 2.24. The van der Waals surface area contributed by atoms with Crippen LogP contribution in [0.1, 0.15) is 12.0 Å². The lowest BCUT2D eigenvalue weighted by Crippen LogP contribution is -2.32. The van der Waals surface area contributed by atoms with Crippen LogP contribution >= 0.6 is 34.2 Å². The summed E-state index contributed by atoms with van der Waals surface area (Å²) in [4.78, 5) is 0. The lowest BCUT2D eigenvalue weighted by molar-refractivity contribution is 0.118. The number of rotatable bonds is 5. The molecule has 0 aromatic heterocycles. The monoisotopic (exact) mass is 500 g/mol. The van der Waals surface area contributed by atoms with E-state index >= 15 is 0 Å². The van der Waals surface area contributed by atoms with Crippen LogP contribution in [0.15, 0.2) is 101 Å². The van der Waals surface area contributed by atoms with E-state index in [1.165, 1.54) is 3.58 Å². The van der Waals surface area contributed by atoms with E-state index in [1.807, 2.05) is 78.9 Å². The molecular formula is C24H18ClIO2. The van der Waals surface area contributed by atoms with Gasteiger partial charge in [0.05, 0.1) is 0 Å². The molecule has 0 fully saturated rings. The summed E-state index contributed by atoms with van der Waals surface area (Å²) in [5.41, 5.74) is 0.256. The molecule has 0 bridgehead atoms. The molecule has 28 heavy (non-hydrogen) atoms. The molecule has 1 aliphatic rings. The van der Waals surface area contributed by atoms with Crippen molar-refractivity contribution in [3.8, 4) is 17.2 Å². The van der Waals surface area contributed by atoms with Gasteiger partial charge >= 0.3 is 0 Å². The second-order valence-electron chi connectivity index (χ2n) is 6.49. The van der Waals surface area contributed by atoms with Gasteiger partial charge in [-0.15, -0.1) is 0 Å². The first-order chi connectivity index (χ1) is 13.6. The molecule has 4 heteroatoms. The molecule has 140 valence electrons. The number of hydrogen-bond donors (Lipinski definition) is 0. The number of hydrogen-bond acceptors (Lipinski definition) is 2. The van der Waals surface area contributed by atoms with Crippen LogP contribution < -0.4 is 9.47 Å². The third-order valence-electron chi connectivity index (χ3n) is 4.53. The van der Waals surface area contributed by atoms with Crippen LogP contribution in [0.2, 0.25) is 5.02 Å². The molecule has 3 aromatic carbocycles. The van der Waals surface area contributed by atoms with Crippen molar-refractivity contribution in [1.82, 2.24) is 0 Å². The molecule has 0 radical (unpaired) electrons. The number of halogens is 2. The van der Waals surface area contributed by atoms with Crippen LogP contribution in [0, 0.1) is 0 Å². The smallest absolute Gasteiger partial charge is 0.160 e. The van der Waals surface area contributed by atoms with E-state index in [2.05, 4.69) is 40.8 Å². The van der Waals surface area contributed by atoms with E-state index in [0.717, 1.165) is 17.1 Å². The Labute approximate surface area is 183 Å². The molecule has 0 N–H and O–H groups in total. The predicted molar refractivity (Wildman–Crippen MR) is 123 cm³/mol. The van der Waals surface area contributed by atoms with Gasteiger partial charge in [0.25, 0.3) is 0 Å². The maximum absolute atomic E-state index is 6.54. The van der Waals surface area contributed by atoms with Crippen LogP contribution in [0.25, 0.3) is 0 Å². The summed E-state index contributed by atoms with van der Waals surface area (Å²) in [5, 5.41) is 0.620. The molecule has 0 saturated heterocycles. The molecule has 0 heterocycles. The fraction of sp³-hybridized carbons (Fsp3) is 0.0833. The van der Waals surface area contributed by atoms with E-state index < -0.39 is 5.60 Å². The first-order valence-electron chi connectivity index (χ1n) is 8.97. The molecule has 0 saturated carbocycles. The van der Waals surface area contributed by atoms with Gasteiger partial charge in [0.2, 0.25) is 0 Å². The van der Waals surface area contributed by atoms with Gasteiger partial charge in [-0.25, -0.2) is 0 Å². The standard InChI is InChI=1S/C24H18ClIO2/c25-18-11-12-22(23(17-18)27-20-7-3-1-4-8-20)24(15-13-19(26)14-16-24)28-21-9-5-2-6-10-21/h1-15,17H,16H2. The fourth-order valence-electron chi connectivity index (χ4n) is 3.17. The third kappa shape index (κ3) is 4.26. The average molecular weight is 501 g/mol. The minimum atomic E-state index is -0.676. The van der Waals surface area contributed by atoms with Gasteiger partial charge in [0.15, 0.2) is 5.60 Å². The van der Waals surface area contributed by atoms with E-state index in [4.69, 9.17) is 21.1 Å². The Bertz CT molecular complexity index is 1020. The molecule has 0 spiro atoms. The Hall–Kier alpha value is -2.24. The van der Waals surface area contributed by atoms with Gasteiger partial charge in [-0.05, 0) is 77.2 Å². The Kier molecular flexibility index (Phi) is 5.74. The van der Waals surface area contributed by atoms with Crippen LogP contribution in [0.3, 0.4) is 0 Å². The summed E-state index contributed by atoms with van der Waals surface area (Å²) in [7, 11) is 0. The van der Waals surface area contributed by atoms with E-state index in [-0.39, 0.29) is 0 Å². The van der Waals surface area contributed by atoms with E-state index in [1.54, 1.807) is 0 Å². The normalized spacial score (nSPS) is 18.4. The molecule has 1 atom stereocenters. The van der Waals surface area contributed by atoms with Crippen molar-refractivity contribution in [3.63, 3.8) is 0 Å². The van der Waals surface area contributed by atoms with Gasteiger partial charge in [-0.3, -0.25) is 0 Å². The molecular weight excluding hydrogens is 483 g/mol. The Morgan fingerprint density at radius 3 is 2.18 bits per heavy atom. The number of benzene rings is 3. The van der Waals surface area contributed by atoms with Gasteiger partial charge in [-0.2, -0.15) is 0 Å². The van der Waals surface area contributed by atoms with Crippen molar-refractivity contribution in [2.75, 3.05) is 0 Å². The first-order valence-corrected chi connectivity index (χ1v) is 10.4. The summed E-state index contributed by atoms with van der Waals surface area (Å²) >= 11 is 8.62. The predicted octanol–water partition coefficient (Wildman–Crippen LogP) is 7.69. The lowest BCUT2D eigenvalue weighted by atomic mass is 9.86. The fourth-order valence-corrected chi connectivity index (χ4v) is 3.74. The van der Waals surface area contributed by atoms with Crippen molar-refractivity contribution in [3.05, 3.63) is 111 Å². The minimum Gasteiger partial charge on any atom is -0.478 e. The van der Waals surface area contributed by atoms with Crippen LogP contribution in [-0.4, -0.2) is 0 Å². The van der Waals surface area contributed by atoms with Gasteiger partial charge in [-0.1, -0.05) is 54.1 Å². The van der Waals surface area contributed by atoms with Crippen LogP contribution in [0.4, 0.5) is 0 Å². The maximum Gasteiger partial charge on any atom is 0.160 e. The summed E-state index contributed by atoms with van der Waals surface area (Å²) in [6.07, 6.45) is 7.05. The van der Waals surface area contributed by atoms with Crippen LogP contribution in [0.5, 0.6) is 17.2 Å². The van der Waals surface area contributed by atoms with Gasteiger partial charge in [0, 0.05) is 20.6 Å². The lowest BCUT2D eigenvalue weighted by Gasteiger charge is -2.34. The summed E-state index contributed by atoms with van der Waals surface area (Å²) < 4.78 is 13.9. The largest absolute Gasteiger partial charge is 0.478 e. The highest BCUT2D eigenvalue weighted by atomic mass is 127. The average Bonchev–Trinajstić information content (AvgIpc) is 2.72. The molecule has 3 aromatic rings. The zero-order chi connectivity index (χ0) is 19.4. The molecule has 4 rings (SSSR count). The minimum absolute atomic E-state index is 0.620. The van der Waals surface area contributed by atoms with Gasteiger partial charge in [0.1, 0.15) is 17.2 Å². The first kappa shape index (κ1) is 19.1. The zero-order valence-corrected chi connectivity index (χ0v) is 17.9. The molecule has 1 aliphatic carbocycles. The SMILES string of the molecule is Clc1ccc(C2(Oc3ccccc3)C=CC(I)=CC2)c(Oc2ccccc2)c1. The number of para-hydroxylation sites is 2. The topological polar surface area (TPSA) is 18.5 Å². The molecule has 1 unspecified atom stereocenters. The highest BCUT2D eigenvalue weighted by molar-refractivity contribution is 14.1. The molecule has 0 amide bonds. The summed E-state index contributed by atoms with van der Waals surface area (Å²) in [6, 6.07) is 25.3. The summed E-state index contributed by atoms with van der Waals surface area (Å²) in [6.45, 7) is 0. The van der Waals surface area contributed by atoms with Crippen molar-refractivity contribution >= 4 is 34.2 Å². The molecule has 0 aliphatic heterocycles. The highest BCUT2D eigenvalue weighted by Gasteiger charge is 2.36. The third-order valence-corrected chi connectivity index (χ3v) is 5.56. The van der Waals surface area contributed by atoms with E-state index in [0.29, 0.717) is 17.2 Å². The Morgan fingerprint density at radius 2 is 1.54 bits per heavy atom. The number of ether oxygens (including phenoxy) is 2. The van der Waals surface area contributed by atoms with Crippen molar-refractivity contribution in [1.29, 1.82) is 0 Å². The van der Waals surface area contributed by atoms with Gasteiger partial charge < -0.3 is 9.47 Å².